The van der Waals surface area contributed by atoms with Gasteiger partial charge in [0.25, 0.3) is 0 Å². The fourth-order valence-electron chi connectivity index (χ4n) is 2.32. The van der Waals surface area contributed by atoms with Crippen LogP contribution in [0.2, 0.25) is 0 Å². The minimum Gasteiger partial charge on any atom is -0.309 e. The first-order valence-electron chi connectivity index (χ1n) is 6.12. The van der Waals surface area contributed by atoms with E-state index in [1.807, 2.05) is 51.2 Å². The molecule has 0 saturated carbocycles. The number of hydrogen-bond acceptors (Lipinski definition) is 1. The molecule has 0 aromatic heterocycles. The molecular formula is C16H18FN. The van der Waals surface area contributed by atoms with Crippen LogP contribution in [0.25, 0.3) is 0 Å². The zero-order valence-corrected chi connectivity index (χ0v) is 11.0. The number of rotatable bonds is 3. The van der Waals surface area contributed by atoms with E-state index in [9.17, 15) is 4.39 Å². The normalized spacial score (nSPS) is 12.4. The van der Waals surface area contributed by atoms with Crippen LogP contribution in [0.3, 0.4) is 0 Å². The third kappa shape index (κ3) is 2.44. The van der Waals surface area contributed by atoms with Crippen LogP contribution in [0.1, 0.15) is 28.3 Å². The number of hydrogen-bond donors (Lipinski definition) is 1. The van der Waals surface area contributed by atoms with Gasteiger partial charge in [0, 0.05) is 0 Å². The Kier molecular flexibility index (Phi) is 3.78. The van der Waals surface area contributed by atoms with Crippen molar-refractivity contribution in [3.05, 3.63) is 70.5 Å². The van der Waals surface area contributed by atoms with Crippen LogP contribution in [0.5, 0.6) is 0 Å². The van der Waals surface area contributed by atoms with E-state index >= 15 is 0 Å². The van der Waals surface area contributed by atoms with Crippen molar-refractivity contribution < 1.29 is 4.39 Å². The van der Waals surface area contributed by atoms with Crippen molar-refractivity contribution in [2.45, 2.75) is 19.9 Å². The number of benzene rings is 2. The molecule has 1 unspecified atom stereocenters. The van der Waals surface area contributed by atoms with E-state index < -0.39 is 0 Å². The monoisotopic (exact) mass is 243 g/mol. The molecule has 0 saturated heterocycles. The number of aryl methyl sites for hydroxylation is 2. The lowest BCUT2D eigenvalue weighted by Crippen LogP contribution is -2.18. The van der Waals surface area contributed by atoms with E-state index in [1.54, 1.807) is 0 Å². The Morgan fingerprint density at radius 3 is 2.00 bits per heavy atom. The van der Waals surface area contributed by atoms with Crippen LogP contribution >= 0.6 is 0 Å². The van der Waals surface area contributed by atoms with Gasteiger partial charge in [0.1, 0.15) is 5.82 Å². The number of nitrogens with one attached hydrogen (secondary N) is 1. The smallest absolute Gasteiger partial charge is 0.129 e. The molecular weight excluding hydrogens is 225 g/mol. The molecule has 2 aromatic rings. The van der Waals surface area contributed by atoms with Gasteiger partial charge in [-0.05, 0) is 43.1 Å². The second-order valence-electron chi connectivity index (χ2n) is 4.60. The van der Waals surface area contributed by atoms with E-state index in [4.69, 9.17) is 0 Å². The van der Waals surface area contributed by atoms with Gasteiger partial charge in [-0.3, -0.25) is 0 Å². The predicted octanol–water partition coefficient (Wildman–Crippen LogP) is 3.75. The SMILES string of the molecule is CNC(c1ccccc1)c1cc(C)c(F)c(C)c1. The quantitative estimate of drug-likeness (QED) is 0.865. The minimum atomic E-state index is -0.110. The van der Waals surface area contributed by atoms with E-state index in [0.717, 1.165) is 5.56 Å². The first kappa shape index (κ1) is 12.8. The molecule has 0 fully saturated rings. The Hall–Kier alpha value is -1.67. The summed E-state index contributed by atoms with van der Waals surface area (Å²) in [6, 6.07) is 14.1. The standard InChI is InChI=1S/C16H18FN/c1-11-9-14(10-12(2)15(11)17)16(18-3)13-7-5-4-6-8-13/h4-10,16,18H,1-3H3. The Morgan fingerprint density at radius 2 is 1.50 bits per heavy atom. The molecule has 0 aliphatic heterocycles. The van der Waals surface area contributed by atoms with E-state index in [-0.39, 0.29) is 11.9 Å². The van der Waals surface area contributed by atoms with Crippen molar-refractivity contribution in [2.24, 2.45) is 0 Å². The molecule has 2 aromatic carbocycles. The Morgan fingerprint density at radius 1 is 0.944 bits per heavy atom. The molecule has 0 aliphatic rings. The van der Waals surface area contributed by atoms with Crippen LogP contribution in [-0.4, -0.2) is 7.05 Å². The number of halogens is 1. The van der Waals surface area contributed by atoms with Crippen LogP contribution in [0, 0.1) is 19.7 Å². The van der Waals surface area contributed by atoms with Gasteiger partial charge in [0.15, 0.2) is 0 Å². The van der Waals surface area contributed by atoms with Crippen molar-refractivity contribution >= 4 is 0 Å². The lowest BCUT2D eigenvalue weighted by Gasteiger charge is -2.19. The molecule has 0 bridgehead atoms. The third-order valence-electron chi connectivity index (χ3n) is 3.21. The molecule has 94 valence electrons. The minimum absolute atomic E-state index is 0.101. The highest BCUT2D eigenvalue weighted by Gasteiger charge is 2.14. The topological polar surface area (TPSA) is 12.0 Å². The van der Waals surface area contributed by atoms with Gasteiger partial charge in [0.05, 0.1) is 6.04 Å². The van der Waals surface area contributed by atoms with Crippen molar-refractivity contribution in [1.82, 2.24) is 5.32 Å². The fraction of sp³-hybridized carbons (Fsp3) is 0.250. The van der Waals surface area contributed by atoms with Gasteiger partial charge >= 0.3 is 0 Å². The third-order valence-corrected chi connectivity index (χ3v) is 3.21. The first-order chi connectivity index (χ1) is 8.63. The Labute approximate surface area is 108 Å². The zero-order valence-electron chi connectivity index (χ0n) is 11.0. The summed E-state index contributed by atoms with van der Waals surface area (Å²) in [5, 5.41) is 3.29. The maximum atomic E-state index is 13.7. The second-order valence-corrected chi connectivity index (χ2v) is 4.60. The zero-order chi connectivity index (χ0) is 13.1. The average molecular weight is 243 g/mol. The first-order valence-corrected chi connectivity index (χ1v) is 6.12. The lowest BCUT2D eigenvalue weighted by molar-refractivity contribution is 0.604. The predicted molar refractivity (Wildman–Crippen MR) is 73.2 cm³/mol. The van der Waals surface area contributed by atoms with Crippen LogP contribution < -0.4 is 5.32 Å². The summed E-state index contributed by atoms with van der Waals surface area (Å²) in [6.07, 6.45) is 0. The van der Waals surface area contributed by atoms with Gasteiger partial charge in [-0.25, -0.2) is 4.39 Å². The van der Waals surface area contributed by atoms with Crippen molar-refractivity contribution in [1.29, 1.82) is 0 Å². The summed E-state index contributed by atoms with van der Waals surface area (Å²) in [5.74, 6) is -0.110. The molecule has 0 spiro atoms. The van der Waals surface area contributed by atoms with Crippen molar-refractivity contribution in [3.8, 4) is 0 Å². The highest BCUT2D eigenvalue weighted by atomic mass is 19.1. The molecule has 0 aliphatic carbocycles. The molecule has 18 heavy (non-hydrogen) atoms. The molecule has 1 N–H and O–H groups in total. The highest BCUT2D eigenvalue weighted by Crippen LogP contribution is 2.25. The summed E-state index contributed by atoms with van der Waals surface area (Å²) in [6.45, 7) is 3.62. The van der Waals surface area contributed by atoms with Crippen molar-refractivity contribution in [3.63, 3.8) is 0 Å². The van der Waals surface area contributed by atoms with Crippen LogP contribution in [-0.2, 0) is 0 Å². The average Bonchev–Trinajstić information content (AvgIpc) is 2.38. The maximum absolute atomic E-state index is 13.7. The maximum Gasteiger partial charge on any atom is 0.129 e. The van der Waals surface area contributed by atoms with E-state index in [0.29, 0.717) is 11.1 Å². The molecule has 1 atom stereocenters. The van der Waals surface area contributed by atoms with Gasteiger partial charge < -0.3 is 5.32 Å². The largest absolute Gasteiger partial charge is 0.309 e. The second kappa shape index (κ2) is 5.32. The van der Waals surface area contributed by atoms with Gasteiger partial charge in [0.2, 0.25) is 0 Å². The molecule has 1 nitrogen and oxygen atoms in total. The van der Waals surface area contributed by atoms with Crippen LogP contribution in [0.15, 0.2) is 42.5 Å². The van der Waals surface area contributed by atoms with Gasteiger partial charge in [-0.15, -0.1) is 0 Å². The van der Waals surface area contributed by atoms with Crippen LogP contribution in [0.4, 0.5) is 4.39 Å². The molecule has 2 heteroatoms. The summed E-state index contributed by atoms with van der Waals surface area (Å²) in [4.78, 5) is 0. The van der Waals surface area contributed by atoms with E-state index in [2.05, 4.69) is 17.4 Å². The molecule has 0 radical (unpaired) electrons. The Balaban J connectivity index is 2.46. The summed E-state index contributed by atoms with van der Waals surface area (Å²) >= 11 is 0. The van der Waals surface area contributed by atoms with Gasteiger partial charge in [-0.1, -0.05) is 42.5 Å². The Bertz CT molecular complexity index is 511. The van der Waals surface area contributed by atoms with Crippen molar-refractivity contribution in [2.75, 3.05) is 7.05 Å². The summed E-state index contributed by atoms with van der Waals surface area (Å²) < 4.78 is 13.7. The highest BCUT2D eigenvalue weighted by molar-refractivity contribution is 5.37. The molecule has 0 heterocycles. The fourth-order valence-corrected chi connectivity index (χ4v) is 2.32. The summed E-state index contributed by atoms with van der Waals surface area (Å²) in [5.41, 5.74) is 3.67. The lowest BCUT2D eigenvalue weighted by atomic mass is 9.95. The molecule has 2 rings (SSSR count). The summed E-state index contributed by atoms with van der Waals surface area (Å²) in [7, 11) is 1.92. The van der Waals surface area contributed by atoms with E-state index in [1.165, 1.54) is 5.56 Å². The van der Waals surface area contributed by atoms with Gasteiger partial charge in [-0.2, -0.15) is 0 Å². The molecule has 0 amide bonds.